The Morgan fingerprint density at radius 3 is 2.43 bits per heavy atom. The number of rotatable bonds is 7. The molecule has 1 aromatic rings. The molecule has 3 N–H and O–H groups in total. The van der Waals surface area contributed by atoms with Gasteiger partial charge in [0, 0.05) is 6.92 Å². The summed E-state index contributed by atoms with van der Waals surface area (Å²) in [4.78, 5) is 21.9. The van der Waals surface area contributed by atoms with E-state index in [4.69, 9.17) is 5.11 Å². The predicted octanol–water partition coefficient (Wildman–Crippen LogP) is 0.274. The van der Waals surface area contributed by atoms with Crippen LogP contribution in [-0.2, 0) is 19.6 Å². The summed E-state index contributed by atoms with van der Waals surface area (Å²) in [5.74, 6) is -1.68. The third-order valence-corrected chi connectivity index (χ3v) is 4.90. The number of carbonyl (C=O) groups excluding carboxylic acids is 1. The number of anilines is 1. The lowest BCUT2D eigenvalue weighted by Crippen LogP contribution is -2.41. The molecule has 118 valence electrons. The van der Waals surface area contributed by atoms with Gasteiger partial charge in [0.25, 0.3) is 10.0 Å². The van der Waals surface area contributed by atoms with Crippen LogP contribution < -0.4 is 10.0 Å². The van der Waals surface area contributed by atoms with Crippen molar-refractivity contribution in [2.24, 2.45) is 5.92 Å². The minimum absolute atomic E-state index is 0.00170. The lowest BCUT2D eigenvalue weighted by Gasteiger charge is -2.15. The molecule has 0 spiro atoms. The zero-order valence-corrected chi connectivity index (χ0v) is 13.3. The molecule has 1 aromatic heterocycles. The summed E-state index contributed by atoms with van der Waals surface area (Å²) in [5.41, 5.74) is 0. The van der Waals surface area contributed by atoms with Gasteiger partial charge in [-0.05, 0) is 12.3 Å². The van der Waals surface area contributed by atoms with Crippen LogP contribution in [-0.4, -0.2) is 41.6 Å². The van der Waals surface area contributed by atoms with Crippen LogP contribution in [0.5, 0.6) is 0 Å². The first kappa shape index (κ1) is 17.5. The SMILES string of the molecule is CC(=O)Nc1nnc(S(=O)(=O)N[C@H](CC(C)C)C(=O)O)s1. The van der Waals surface area contributed by atoms with Crippen LogP contribution in [0.2, 0.25) is 0 Å². The van der Waals surface area contributed by atoms with Gasteiger partial charge in [-0.1, -0.05) is 25.2 Å². The third-order valence-electron chi connectivity index (χ3n) is 2.22. The van der Waals surface area contributed by atoms with Crippen molar-refractivity contribution in [1.82, 2.24) is 14.9 Å². The number of aliphatic carboxylic acids is 1. The van der Waals surface area contributed by atoms with Gasteiger partial charge in [-0.15, -0.1) is 10.2 Å². The predicted molar refractivity (Wildman–Crippen MR) is 75.4 cm³/mol. The van der Waals surface area contributed by atoms with Crippen LogP contribution in [0, 0.1) is 5.92 Å². The van der Waals surface area contributed by atoms with E-state index in [9.17, 15) is 18.0 Å². The number of carboxylic acids is 1. The van der Waals surface area contributed by atoms with E-state index in [1.165, 1.54) is 6.92 Å². The summed E-state index contributed by atoms with van der Waals surface area (Å²) in [7, 11) is -4.10. The van der Waals surface area contributed by atoms with Gasteiger partial charge in [-0.25, -0.2) is 8.42 Å². The Bertz CT molecular complexity index is 625. The number of carbonyl (C=O) groups is 2. The summed E-state index contributed by atoms with van der Waals surface area (Å²) in [5, 5.41) is 18.3. The average Bonchev–Trinajstić information content (AvgIpc) is 2.75. The van der Waals surface area contributed by atoms with Crippen molar-refractivity contribution < 1.29 is 23.1 Å². The van der Waals surface area contributed by atoms with Gasteiger partial charge >= 0.3 is 5.97 Å². The molecule has 11 heteroatoms. The fourth-order valence-corrected chi connectivity index (χ4v) is 3.59. The van der Waals surface area contributed by atoms with E-state index < -0.39 is 32.3 Å². The van der Waals surface area contributed by atoms with Gasteiger partial charge in [0.15, 0.2) is 0 Å². The summed E-state index contributed by atoms with van der Waals surface area (Å²) in [6.07, 6.45) is 0.145. The fraction of sp³-hybridized carbons (Fsp3) is 0.600. The maximum atomic E-state index is 12.0. The van der Waals surface area contributed by atoms with Crippen LogP contribution >= 0.6 is 11.3 Å². The van der Waals surface area contributed by atoms with Crippen molar-refractivity contribution in [3.8, 4) is 0 Å². The Hall–Kier alpha value is -1.59. The molecule has 0 saturated carbocycles. The van der Waals surface area contributed by atoms with Gasteiger partial charge in [-0.2, -0.15) is 4.72 Å². The van der Waals surface area contributed by atoms with E-state index in [0.29, 0.717) is 11.3 Å². The number of sulfonamides is 1. The van der Waals surface area contributed by atoms with E-state index in [2.05, 4.69) is 20.2 Å². The van der Waals surface area contributed by atoms with Gasteiger partial charge in [0.2, 0.25) is 15.4 Å². The standard InChI is InChI=1S/C10H16N4O5S2/c1-5(2)4-7(8(16)17)14-21(18,19)10-13-12-9(20-10)11-6(3)15/h5,7,14H,4H2,1-3H3,(H,16,17)(H,11,12,15)/t7-/m1/s1. The van der Waals surface area contributed by atoms with Gasteiger partial charge in [-0.3, -0.25) is 9.59 Å². The molecule has 0 bridgehead atoms. The minimum Gasteiger partial charge on any atom is -0.480 e. The van der Waals surface area contributed by atoms with Crippen LogP contribution in [0.1, 0.15) is 27.2 Å². The number of nitrogens with one attached hydrogen (secondary N) is 2. The van der Waals surface area contributed by atoms with E-state index in [1.807, 2.05) is 0 Å². The number of nitrogens with zero attached hydrogens (tertiary/aromatic N) is 2. The summed E-state index contributed by atoms with van der Waals surface area (Å²) >= 11 is 0.643. The van der Waals surface area contributed by atoms with Crippen molar-refractivity contribution in [1.29, 1.82) is 0 Å². The highest BCUT2D eigenvalue weighted by Crippen LogP contribution is 2.20. The Morgan fingerprint density at radius 2 is 1.95 bits per heavy atom. The van der Waals surface area contributed by atoms with E-state index in [-0.39, 0.29) is 17.5 Å². The number of carboxylic acid groups (broad SMARTS) is 1. The molecule has 0 radical (unpaired) electrons. The van der Waals surface area contributed by atoms with Crippen LogP contribution in [0.15, 0.2) is 4.34 Å². The zero-order chi connectivity index (χ0) is 16.2. The molecular formula is C10H16N4O5S2. The Morgan fingerprint density at radius 1 is 1.33 bits per heavy atom. The minimum atomic E-state index is -4.10. The highest BCUT2D eigenvalue weighted by atomic mass is 32.2. The Kier molecular flexibility index (Phi) is 5.75. The zero-order valence-electron chi connectivity index (χ0n) is 11.7. The fourth-order valence-electron chi connectivity index (χ4n) is 1.43. The Balaban J connectivity index is 2.91. The largest absolute Gasteiger partial charge is 0.480 e. The molecule has 9 nitrogen and oxygen atoms in total. The van der Waals surface area contributed by atoms with Crippen molar-refractivity contribution in [2.45, 2.75) is 37.6 Å². The second kappa shape index (κ2) is 6.91. The van der Waals surface area contributed by atoms with Crippen molar-refractivity contribution in [2.75, 3.05) is 5.32 Å². The molecular weight excluding hydrogens is 320 g/mol. The monoisotopic (exact) mass is 336 g/mol. The second-order valence-corrected chi connectivity index (χ2v) is 7.56. The molecule has 0 fully saturated rings. The molecule has 0 aliphatic rings. The first-order valence-electron chi connectivity index (χ1n) is 5.98. The maximum Gasteiger partial charge on any atom is 0.321 e. The van der Waals surface area contributed by atoms with Gasteiger partial charge < -0.3 is 10.4 Å². The van der Waals surface area contributed by atoms with Crippen LogP contribution in [0.4, 0.5) is 5.13 Å². The van der Waals surface area contributed by atoms with E-state index in [0.717, 1.165) is 0 Å². The smallest absolute Gasteiger partial charge is 0.321 e. The first-order chi connectivity index (χ1) is 9.61. The van der Waals surface area contributed by atoms with Crippen molar-refractivity contribution in [3.05, 3.63) is 0 Å². The lowest BCUT2D eigenvalue weighted by molar-refractivity contribution is -0.139. The average molecular weight is 336 g/mol. The van der Waals surface area contributed by atoms with Crippen LogP contribution in [0.3, 0.4) is 0 Å². The number of amides is 1. The lowest BCUT2D eigenvalue weighted by atomic mass is 10.1. The highest BCUT2D eigenvalue weighted by Gasteiger charge is 2.28. The Labute approximate surface area is 125 Å². The van der Waals surface area contributed by atoms with Gasteiger partial charge in [0.05, 0.1) is 0 Å². The highest BCUT2D eigenvalue weighted by molar-refractivity contribution is 7.91. The number of hydrogen-bond donors (Lipinski definition) is 3. The topological polar surface area (TPSA) is 138 Å². The van der Waals surface area contributed by atoms with E-state index >= 15 is 0 Å². The normalized spacial score (nSPS) is 13.1. The van der Waals surface area contributed by atoms with Gasteiger partial charge in [0.1, 0.15) is 6.04 Å². The molecule has 0 unspecified atom stereocenters. The van der Waals surface area contributed by atoms with Crippen molar-refractivity contribution >= 4 is 38.4 Å². The number of hydrogen-bond acceptors (Lipinski definition) is 7. The molecule has 0 aliphatic carbocycles. The molecule has 1 amide bonds. The molecule has 0 aromatic carbocycles. The molecule has 1 rings (SSSR count). The van der Waals surface area contributed by atoms with Crippen LogP contribution in [0.25, 0.3) is 0 Å². The molecule has 21 heavy (non-hydrogen) atoms. The summed E-state index contributed by atoms with van der Waals surface area (Å²) in [6, 6.07) is -1.25. The van der Waals surface area contributed by atoms with E-state index in [1.54, 1.807) is 13.8 Å². The molecule has 0 saturated heterocycles. The summed E-state index contributed by atoms with van der Waals surface area (Å²) in [6.45, 7) is 4.81. The molecule has 1 heterocycles. The molecule has 1 atom stereocenters. The maximum absolute atomic E-state index is 12.0. The third kappa shape index (κ3) is 5.36. The molecule has 0 aliphatic heterocycles. The first-order valence-corrected chi connectivity index (χ1v) is 8.28. The van der Waals surface area contributed by atoms with Crippen molar-refractivity contribution in [3.63, 3.8) is 0 Å². The summed E-state index contributed by atoms with van der Waals surface area (Å²) < 4.78 is 25.8. The second-order valence-electron chi connectivity index (χ2n) is 4.70. The number of aromatic nitrogens is 2. The quantitative estimate of drug-likeness (QED) is 0.608.